The molecular weight excluding hydrogens is 424 g/mol. The number of carboxylic acid groups (broad SMARTS) is 1. The van der Waals surface area contributed by atoms with E-state index >= 15 is 0 Å². The van der Waals surface area contributed by atoms with E-state index in [1.165, 1.54) is 12.1 Å². The van der Waals surface area contributed by atoms with Crippen molar-refractivity contribution in [1.82, 2.24) is 9.62 Å². The van der Waals surface area contributed by atoms with Crippen LogP contribution in [0.4, 0.5) is 4.79 Å². The van der Waals surface area contributed by atoms with Crippen molar-refractivity contribution >= 4 is 17.1 Å². The fraction of sp³-hybridized carbons (Fsp3) is 0.381. The molecule has 1 unspecified atom stereocenters. The Kier molecular flexibility index (Phi) is 7.37. The lowest BCUT2D eigenvalue weighted by molar-refractivity contribution is 0.0961. The number of fused-ring (bicyclic) bond motifs is 1. The quantitative estimate of drug-likeness (QED) is 0.460. The number of nitrogens with one attached hydrogen (secondary N) is 1. The summed E-state index contributed by atoms with van der Waals surface area (Å²) in [6.07, 6.45) is -2.20. The van der Waals surface area contributed by atoms with Gasteiger partial charge in [-0.15, -0.1) is 0 Å². The van der Waals surface area contributed by atoms with E-state index in [4.69, 9.17) is 9.47 Å². The number of carbonyl (C=O) groups is 1. The second-order valence-corrected chi connectivity index (χ2v) is 8.89. The minimum Gasteiger partial charge on any atom is -0.508 e. The molecule has 168 valence electrons. The number of rotatable bonds is 9. The van der Waals surface area contributed by atoms with Crippen LogP contribution in [0.3, 0.4) is 0 Å². The number of phenolic OH excluding ortho intramolecular Hbond substituents is 1. The van der Waals surface area contributed by atoms with Crippen LogP contribution in [-0.2, 0) is 17.4 Å². The Morgan fingerprint density at radius 3 is 2.48 bits per heavy atom. The smallest absolute Gasteiger partial charge is 0.404 e. The SMILES string of the molecule is CC(C)N(C[C@@H](O)[C@H](Cc1ccc(O)cc1)NC(=O)O)S(=O)c1ccc2c(c1)OCO2. The summed E-state index contributed by atoms with van der Waals surface area (Å²) in [5.74, 6) is 1.18. The summed E-state index contributed by atoms with van der Waals surface area (Å²) in [5, 5.41) is 31.8. The summed E-state index contributed by atoms with van der Waals surface area (Å²) in [6, 6.07) is 10.3. The lowest BCUT2D eigenvalue weighted by atomic mass is 10.0. The molecule has 1 heterocycles. The first-order valence-electron chi connectivity index (χ1n) is 9.78. The lowest BCUT2D eigenvalue weighted by Gasteiger charge is -2.31. The molecule has 10 heteroatoms. The van der Waals surface area contributed by atoms with E-state index in [-0.39, 0.29) is 31.5 Å². The third kappa shape index (κ3) is 5.87. The number of ether oxygens (including phenoxy) is 2. The van der Waals surface area contributed by atoms with Crippen LogP contribution < -0.4 is 14.8 Å². The predicted octanol–water partition coefficient (Wildman–Crippen LogP) is 2.09. The van der Waals surface area contributed by atoms with Crippen LogP contribution in [0.5, 0.6) is 17.2 Å². The van der Waals surface area contributed by atoms with E-state index in [0.29, 0.717) is 16.4 Å². The standard InChI is InChI=1S/C21H26N2O7S/c1-13(2)23(31(28)16-7-8-19-20(10-16)30-12-29-19)11-18(25)17(22-21(26)27)9-14-3-5-15(24)6-4-14/h3-8,10,13,17-18,22,24-25H,9,11-12H2,1-2H3,(H,26,27)/t17-,18+,31?/m0/s1. The molecule has 0 radical (unpaired) electrons. The van der Waals surface area contributed by atoms with Crippen molar-refractivity contribution in [1.29, 1.82) is 0 Å². The van der Waals surface area contributed by atoms with Gasteiger partial charge >= 0.3 is 6.09 Å². The van der Waals surface area contributed by atoms with Crippen LogP contribution in [-0.4, -0.2) is 61.5 Å². The molecule has 1 aliphatic rings. The Labute approximate surface area is 182 Å². The molecule has 0 aromatic heterocycles. The number of benzene rings is 2. The van der Waals surface area contributed by atoms with Gasteiger partial charge in [0.2, 0.25) is 6.79 Å². The van der Waals surface area contributed by atoms with Gasteiger partial charge in [0, 0.05) is 18.7 Å². The molecule has 0 aliphatic carbocycles. The van der Waals surface area contributed by atoms with Gasteiger partial charge in [-0.05, 0) is 50.1 Å². The maximum absolute atomic E-state index is 13.2. The Bertz CT molecular complexity index is 936. The van der Waals surface area contributed by atoms with Crippen molar-refractivity contribution in [3.05, 3.63) is 48.0 Å². The Morgan fingerprint density at radius 2 is 1.84 bits per heavy atom. The fourth-order valence-corrected chi connectivity index (χ4v) is 4.56. The van der Waals surface area contributed by atoms with Crippen LogP contribution >= 0.6 is 0 Å². The average Bonchev–Trinajstić information content (AvgIpc) is 3.19. The Hall–Kier alpha value is -2.82. The third-order valence-electron chi connectivity index (χ3n) is 4.87. The van der Waals surface area contributed by atoms with Crippen molar-refractivity contribution in [2.75, 3.05) is 13.3 Å². The Morgan fingerprint density at radius 1 is 1.16 bits per heavy atom. The zero-order chi connectivity index (χ0) is 22.5. The molecule has 1 amide bonds. The molecule has 2 aromatic carbocycles. The molecule has 0 saturated carbocycles. The molecule has 9 nitrogen and oxygen atoms in total. The molecule has 0 spiro atoms. The van der Waals surface area contributed by atoms with Crippen LogP contribution in [0.2, 0.25) is 0 Å². The molecule has 0 fully saturated rings. The summed E-state index contributed by atoms with van der Waals surface area (Å²) < 4.78 is 25.5. The monoisotopic (exact) mass is 450 g/mol. The number of nitrogens with zero attached hydrogens (tertiary/aromatic N) is 1. The van der Waals surface area contributed by atoms with Crippen LogP contribution in [0.25, 0.3) is 0 Å². The van der Waals surface area contributed by atoms with Gasteiger partial charge in [-0.25, -0.2) is 13.3 Å². The maximum atomic E-state index is 13.2. The van der Waals surface area contributed by atoms with Gasteiger partial charge in [-0.2, -0.15) is 0 Å². The molecule has 1 aliphatic heterocycles. The van der Waals surface area contributed by atoms with Crippen molar-refractivity contribution in [3.63, 3.8) is 0 Å². The van der Waals surface area contributed by atoms with Gasteiger partial charge in [0.05, 0.1) is 17.0 Å². The van der Waals surface area contributed by atoms with Crippen LogP contribution in [0.1, 0.15) is 19.4 Å². The highest BCUT2D eigenvalue weighted by Crippen LogP contribution is 2.34. The highest BCUT2D eigenvalue weighted by Gasteiger charge is 2.29. The van der Waals surface area contributed by atoms with Gasteiger partial charge in [0.15, 0.2) is 11.5 Å². The van der Waals surface area contributed by atoms with Crippen LogP contribution in [0.15, 0.2) is 47.4 Å². The van der Waals surface area contributed by atoms with Crippen molar-refractivity contribution in [2.24, 2.45) is 0 Å². The van der Waals surface area contributed by atoms with E-state index in [0.717, 1.165) is 5.56 Å². The highest BCUT2D eigenvalue weighted by atomic mass is 32.2. The topological polar surface area (TPSA) is 129 Å². The highest BCUT2D eigenvalue weighted by molar-refractivity contribution is 7.82. The number of hydrogen-bond acceptors (Lipinski definition) is 6. The van der Waals surface area contributed by atoms with E-state index in [1.54, 1.807) is 34.6 Å². The summed E-state index contributed by atoms with van der Waals surface area (Å²) in [6.45, 7) is 3.77. The first-order valence-corrected chi connectivity index (χ1v) is 10.9. The van der Waals surface area contributed by atoms with Crippen LogP contribution in [0, 0.1) is 0 Å². The summed E-state index contributed by atoms with van der Waals surface area (Å²) >= 11 is 0. The first-order chi connectivity index (χ1) is 14.7. The van der Waals surface area contributed by atoms with Crippen molar-refractivity contribution < 1.29 is 33.8 Å². The number of aromatic hydroxyl groups is 1. The Balaban J connectivity index is 1.76. The fourth-order valence-electron chi connectivity index (χ4n) is 3.23. The second-order valence-electron chi connectivity index (χ2n) is 7.45. The van der Waals surface area contributed by atoms with Gasteiger partial charge in [0.25, 0.3) is 0 Å². The minimum atomic E-state index is -1.61. The molecule has 0 saturated heterocycles. The molecule has 3 atom stereocenters. The zero-order valence-electron chi connectivity index (χ0n) is 17.2. The van der Waals surface area contributed by atoms with Gasteiger partial charge in [-0.1, -0.05) is 12.1 Å². The summed E-state index contributed by atoms with van der Waals surface area (Å²) in [7, 11) is -1.61. The molecule has 2 aromatic rings. The first kappa shape index (κ1) is 22.9. The zero-order valence-corrected chi connectivity index (χ0v) is 18.0. The number of hydrogen-bond donors (Lipinski definition) is 4. The average molecular weight is 451 g/mol. The normalized spacial score (nSPS) is 15.6. The number of amides is 1. The molecule has 4 N–H and O–H groups in total. The number of aliphatic hydroxyl groups is 1. The van der Waals surface area contributed by atoms with E-state index in [1.807, 2.05) is 13.8 Å². The second kappa shape index (κ2) is 9.99. The number of phenols is 1. The largest absolute Gasteiger partial charge is 0.508 e. The summed E-state index contributed by atoms with van der Waals surface area (Å²) in [4.78, 5) is 11.8. The molecular formula is C21H26N2O7S. The van der Waals surface area contributed by atoms with Gasteiger partial charge in [-0.3, -0.25) is 0 Å². The van der Waals surface area contributed by atoms with Crippen molar-refractivity contribution in [3.8, 4) is 17.2 Å². The summed E-state index contributed by atoms with van der Waals surface area (Å²) in [5.41, 5.74) is 0.739. The predicted molar refractivity (Wildman–Crippen MR) is 114 cm³/mol. The lowest BCUT2D eigenvalue weighted by Crippen LogP contribution is -2.50. The maximum Gasteiger partial charge on any atom is 0.404 e. The van der Waals surface area contributed by atoms with E-state index < -0.39 is 29.2 Å². The third-order valence-corrected chi connectivity index (χ3v) is 6.52. The van der Waals surface area contributed by atoms with Gasteiger partial charge < -0.3 is 30.1 Å². The molecule has 0 bridgehead atoms. The van der Waals surface area contributed by atoms with Crippen molar-refractivity contribution in [2.45, 2.75) is 43.4 Å². The number of aliphatic hydroxyl groups excluding tert-OH is 1. The van der Waals surface area contributed by atoms with Gasteiger partial charge in [0.1, 0.15) is 16.7 Å². The molecule has 3 rings (SSSR count). The van der Waals surface area contributed by atoms with E-state index in [2.05, 4.69) is 5.32 Å². The molecule has 31 heavy (non-hydrogen) atoms. The minimum absolute atomic E-state index is 0.0260. The van der Waals surface area contributed by atoms with E-state index in [9.17, 15) is 24.3 Å².